The summed E-state index contributed by atoms with van der Waals surface area (Å²) < 4.78 is 36.6. The summed E-state index contributed by atoms with van der Waals surface area (Å²) in [6.45, 7) is 1.78. The Morgan fingerprint density at radius 3 is 2.68 bits per heavy atom. The van der Waals surface area contributed by atoms with E-state index in [-0.39, 0.29) is 34.5 Å². The molecule has 2 aliphatic heterocycles. The van der Waals surface area contributed by atoms with Crippen molar-refractivity contribution in [3.8, 4) is 0 Å². The lowest BCUT2D eigenvalue weighted by Gasteiger charge is -2.24. The summed E-state index contributed by atoms with van der Waals surface area (Å²) >= 11 is 1.34. The van der Waals surface area contributed by atoms with E-state index >= 15 is 0 Å². The predicted octanol–water partition coefficient (Wildman–Crippen LogP) is 1.44. The first-order valence-electron chi connectivity index (χ1n) is 6.81. The quantitative estimate of drug-likeness (QED) is 0.814. The van der Waals surface area contributed by atoms with Crippen LogP contribution in [-0.4, -0.2) is 47.2 Å². The fraction of sp³-hybridized carbons (Fsp3) is 0.429. The van der Waals surface area contributed by atoms with Gasteiger partial charge in [-0.1, -0.05) is 23.9 Å². The SMILES string of the molecule is CC(=O)N=C1S[C@H]2CS(=O)(=O)C[C@H]2N1Cc1ccc(F)cc1. The van der Waals surface area contributed by atoms with E-state index in [1.807, 2.05) is 4.90 Å². The highest BCUT2D eigenvalue weighted by atomic mass is 32.2. The van der Waals surface area contributed by atoms with E-state index in [9.17, 15) is 17.6 Å². The fourth-order valence-electron chi connectivity index (χ4n) is 2.74. The maximum Gasteiger partial charge on any atom is 0.244 e. The molecule has 22 heavy (non-hydrogen) atoms. The van der Waals surface area contributed by atoms with Crippen molar-refractivity contribution in [1.82, 2.24) is 4.90 Å². The first-order valence-corrected chi connectivity index (χ1v) is 9.51. The minimum absolute atomic E-state index is 0.0722. The van der Waals surface area contributed by atoms with E-state index < -0.39 is 9.84 Å². The zero-order valence-electron chi connectivity index (χ0n) is 11.9. The van der Waals surface area contributed by atoms with Gasteiger partial charge < -0.3 is 4.90 Å². The van der Waals surface area contributed by atoms with Gasteiger partial charge in [-0.2, -0.15) is 4.99 Å². The first-order chi connectivity index (χ1) is 10.3. The summed E-state index contributed by atoms with van der Waals surface area (Å²) in [5.41, 5.74) is 0.850. The molecule has 2 saturated heterocycles. The molecule has 8 heteroatoms. The number of hydrogen-bond donors (Lipinski definition) is 0. The molecule has 0 N–H and O–H groups in total. The van der Waals surface area contributed by atoms with Crippen LogP contribution in [0.1, 0.15) is 12.5 Å². The highest BCUT2D eigenvalue weighted by molar-refractivity contribution is 8.15. The second-order valence-electron chi connectivity index (χ2n) is 5.47. The molecular formula is C14H15FN2O3S2. The van der Waals surface area contributed by atoms with Crippen LogP contribution in [0.25, 0.3) is 0 Å². The standard InChI is InChI=1S/C14H15FN2O3S2/c1-9(18)16-14-17(6-10-2-4-11(15)5-3-10)12-7-22(19,20)8-13(12)21-14/h2-5,12-13H,6-8H2,1H3/t12-,13+/m1/s1. The molecule has 3 rings (SSSR count). The number of thioether (sulfide) groups is 1. The Balaban J connectivity index is 1.89. The Labute approximate surface area is 132 Å². The molecule has 0 spiro atoms. The highest BCUT2D eigenvalue weighted by Crippen LogP contribution is 2.38. The van der Waals surface area contributed by atoms with Gasteiger partial charge in [0.15, 0.2) is 15.0 Å². The van der Waals surface area contributed by atoms with Gasteiger partial charge in [0.05, 0.1) is 17.5 Å². The summed E-state index contributed by atoms with van der Waals surface area (Å²) in [4.78, 5) is 17.1. The third-order valence-corrected chi connectivity index (χ3v) is 6.94. The molecule has 2 fully saturated rings. The van der Waals surface area contributed by atoms with Crippen LogP contribution in [0.3, 0.4) is 0 Å². The van der Waals surface area contributed by atoms with Crippen LogP contribution >= 0.6 is 11.8 Å². The summed E-state index contributed by atoms with van der Waals surface area (Å²) in [5.74, 6) is -0.449. The Morgan fingerprint density at radius 2 is 2.05 bits per heavy atom. The van der Waals surface area contributed by atoms with Gasteiger partial charge in [0.1, 0.15) is 5.82 Å². The summed E-state index contributed by atoms with van der Waals surface area (Å²) in [7, 11) is -3.05. The molecule has 1 aromatic carbocycles. The molecule has 1 aromatic rings. The van der Waals surface area contributed by atoms with Crippen LogP contribution in [0, 0.1) is 5.82 Å². The number of carbonyl (C=O) groups excluding carboxylic acids is 1. The summed E-state index contributed by atoms with van der Waals surface area (Å²) in [6, 6.07) is 5.86. The molecular weight excluding hydrogens is 327 g/mol. The van der Waals surface area contributed by atoms with E-state index in [2.05, 4.69) is 4.99 Å². The molecule has 1 amide bonds. The lowest BCUT2D eigenvalue weighted by Crippen LogP contribution is -2.37. The second-order valence-corrected chi connectivity index (χ2v) is 8.83. The van der Waals surface area contributed by atoms with Crippen molar-refractivity contribution in [3.05, 3.63) is 35.6 Å². The van der Waals surface area contributed by atoms with Crippen LogP contribution in [0.4, 0.5) is 4.39 Å². The highest BCUT2D eigenvalue weighted by Gasteiger charge is 2.48. The van der Waals surface area contributed by atoms with Gasteiger partial charge >= 0.3 is 0 Å². The van der Waals surface area contributed by atoms with Gasteiger partial charge in [0, 0.05) is 18.7 Å². The monoisotopic (exact) mass is 342 g/mol. The normalized spacial score (nSPS) is 28.1. The summed E-state index contributed by atoms with van der Waals surface area (Å²) in [5, 5.41) is 0.463. The van der Waals surface area contributed by atoms with Crippen LogP contribution < -0.4 is 0 Å². The molecule has 0 bridgehead atoms. The molecule has 0 saturated carbocycles. The average molecular weight is 342 g/mol. The number of halogens is 1. The topological polar surface area (TPSA) is 66.8 Å². The second kappa shape index (κ2) is 5.66. The van der Waals surface area contributed by atoms with Crippen molar-refractivity contribution in [2.75, 3.05) is 11.5 Å². The lowest BCUT2D eigenvalue weighted by atomic mass is 10.1. The van der Waals surface area contributed by atoms with E-state index in [0.717, 1.165) is 5.56 Å². The van der Waals surface area contributed by atoms with Gasteiger partial charge in [-0.25, -0.2) is 12.8 Å². The Bertz CT molecular complexity index is 731. The van der Waals surface area contributed by atoms with Gasteiger partial charge in [0.25, 0.3) is 0 Å². The van der Waals surface area contributed by atoms with Crippen LogP contribution in [0.15, 0.2) is 29.3 Å². The molecule has 0 aliphatic carbocycles. The van der Waals surface area contributed by atoms with Crippen molar-refractivity contribution < 1.29 is 17.6 Å². The number of aliphatic imine (C=N–C) groups is 1. The van der Waals surface area contributed by atoms with Gasteiger partial charge in [0.2, 0.25) is 5.91 Å². The number of rotatable bonds is 2. The number of nitrogens with zero attached hydrogens (tertiary/aromatic N) is 2. The number of sulfone groups is 1. The predicted molar refractivity (Wildman–Crippen MR) is 83.9 cm³/mol. The molecule has 0 aromatic heterocycles. The van der Waals surface area contributed by atoms with Crippen molar-refractivity contribution in [1.29, 1.82) is 0 Å². The third-order valence-electron chi connectivity index (χ3n) is 3.69. The number of hydrogen-bond acceptors (Lipinski definition) is 4. The zero-order valence-corrected chi connectivity index (χ0v) is 13.5. The van der Waals surface area contributed by atoms with Crippen molar-refractivity contribution in [2.24, 2.45) is 4.99 Å². The number of amides is 1. The van der Waals surface area contributed by atoms with Crippen molar-refractivity contribution in [3.63, 3.8) is 0 Å². The minimum atomic E-state index is -3.05. The molecule has 2 aliphatic rings. The van der Waals surface area contributed by atoms with Gasteiger partial charge in [-0.3, -0.25) is 4.79 Å². The van der Waals surface area contributed by atoms with Crippen LogP contribution in [-0.2, 0) is 21.2 Å². The summed E-state index contributed by atoms with van der Waals surface area (Å²) in [6.07, 6.45) is 0. The van der Waals surface area contributed by atoms with Crippen LogP contribution in [0.2, 0.25) is 0 Å². The van der Waals surface area contributed by atoms with Gasteiger partial charge in [-0.05, 0) is 17.7 Å². The minimum Gasteiger partial charge on any atom is -0.342 e. The molecule has 2 heterocycles. The molecule has 0 radical (unpaired) electrons. The van der Waals surface area contributed by atoms with Crippen molar-refractivity contribution in [2.45, 2.75) is 24.8 Å². The molecule has 118 valence electrons. The number of benzene rings is 1. The smallest absolute Gasteiger partial charge is 0.244 e. The van der Waals surface area contributed by atoms with Crippen LogP contribution in [0.5, 0.6) is 0 Å². The maximum atomic E-state index is 13.0. The van der Waals surface area contributed by atoms with E-state index in [1.54, 1.807) is 12.1 Å². The van der Waals surface area contributed by atoms with Gasteiger partial charge in [-0.15, -0.1) is 0 Å². The Morgan fingerprint density at radius 1 is 1.36 bits per heavy atom. The lowest BCUT2D eigenvalue weighted by molar-refractivity contribution is -0.115. The molecule has 5 nitrogen and oxygen atoms in total. The molecule has 0 unspecified atom stereocenters. The van der Waals surface area contributed by atoms with E-state index in [4.69, 9.17) is 0 Å². The Hall–Kier alpha value is -1.41. The van der Waals surface area contributed by atoms with E-state index in [0.29, 0.717) is 11.7 Å². The zero-order chi connectivity index (χ0) is 15.9. The Kier molecular flexibility index (Phi) is 3.98. The third kappa shape index (κ3) is 3.17. The number of fused-ring (bicyclic) bond motifs is 1. The molecule has 2 atom stereocenters. The average Bonchev–Trinajstić information content (AvgIpc) is 2.85. The van der Waals surface area contributed by atoms with Crippen molar-refractivity contribution >= 4 is 32.7 Å². The largest absolute Gasteiger partial charge is 0.342 e. The number of carbonyl (C=O) groups is 1. The first kappa shape index (κ1) is 15.5. The number of amidine groups is 1. The fourth-order valence-corrected chi connectivity index (χ4v) is 6.74. The maximum absolute atomic E-state index is 13.0. The van der Waals surface area contributed by atoms with E-state index in [1.165, 1.54) is 30.8 Å².